The van der Waals surface area contributed by atoms with Crippen molar-refractivity contribution >= 4 is 23.2 Å². The Hall–Kier alpha value is -1.87. The zero-order valence-electron chi connectivity index (χ0n) is 10.4. The number of anilines is 1. The Morgan fingerprint density at radius 3 is 2.47 bits per heavy atom. The van der Waals surface area contributed by atoms with Crippen molar-refractivity contribution in [3.05, 3.63) is 65.0 Å². The first-order valence-corrected chi connectivity index (χ1v) is 6.36. The zero-order chi connectivity index (χ0) is 13.8. The Morgan fingerprint density at radius 2 is 1.89 bits per heavy atom. The third kappa shape index (κ3) is 3.32. The number of aryl methyl sites for hydroxylation is 1. The van der Waals surface area contributed by atoms with Gasteiger partial charge in [-0.25, -0.2) is 4.39 Å². The average molecular weight is 278 g/mol. The summed E-state index contributed by atoms with van der Waals surface area (Å²) in [6.45, 7) is 1.79. The molecule has 0 saturated carbocycles. The van der Waals surface area contributed by atoms with Gasteiger partial charge in [0.05, 0.1) is 5.69 Å². The lowest BCUT2D eigenvalue weighted by atomic mass is 10.1. The summed E-state index contributed by atoms with van der Waals surface area (Å²) in [5, 5.41) is 2.54. The van der Waals surface area contributed by atoms with Gasteiger partial charge in [0.15, 0.2) is 0 Å². The van der Waals surface area contributed by atoms with E-state index in [1.165, 1.54) is 6.07 Å². The highest BCUT2D eigenvalue weighted by molar-refractivity contribution is 6.17. The fourth-order valence-corrected chi connectivity index (χ4v) is 1.84. The number of rotatable bonds is 3. The second kappa shape index (κ2) is 5.85. The van der Waals surface area contributed by atoms with Crippen LogP contribution in [0.25, 0.3) is 0 Å². The second-order valence-corrected chi connectivity index (χ2v) is 4.54. The number of hydrogen-bond acceptors (Lipinski definition) is 1. The lowest BCUT2D eigenvalue weighted by Gasteiger charge is -2.07. The molecule has 4 heteroatoms. The van der Waals surface area contributed by atoms with Crippen LogP contribution in [-0.2, 0) is 5.88 Å². The molecule has 1 amide bonds. The molecule has 0 atom stereocenters. The Balaban J connectivity index is 2.15. The van der Waals surface area contributed by atoms with Crippen molar-refractivity contribution < 1.29 is 9.18 Å². The largest absolute Gasteiger partial charge is 0.319 e. The van der Waals surface area contributed by atoms with Gasteiger partial charge in [-0.1, -0.05) is 18.2 Å². The summed E-state index contributed by atoms with van der Waals surface area (Å²) in [6.07, 6.45) is 0. The van der Waals surface area contributed by atoms with Crippen LogP contribution in [0.2, 0.25) is 0 Å². The van der Waals surface area contributed by atoms with Gasteiger partial charge in [-0.15, -0.1) is 11.6 Å². The van der Waals surface area contributed by atoms with Crippen molar-refractivity contribution in [3.63, 3.8) is 0 Å². The van der Waals surface area contributed by atoms with Crippen LogP contribution >= 0.6 is 11.6 Å². The molecule has 2 aromatic rings. The molecule has 0 fully saturated rings. The number of nitrogens with one attached hydrogen (secondary N) is 1. The maximum atomic E-state index is 13.6. The summed E-state index contributed by atoms with van der Waals surface area (Å²) in [4.78, 5) is 11.9. The SMILES string of the molecule is Cc1ccc(NC(=O)c2ccc(CCl)cc2)c(F)c1. The minimum Gasteiger partial charge on any atom is -0.319 e. The van der Waals surface area contributed by atoms with Crippen LogP contribution < -0.4 is 5.32 Å². The third-order valence-electron chi connectivity index (χ3n) is 2.74. The number of alkyl halides is 1. The second-order valence-electron chi connectivity index (χ2n) is 4.27. The molecule has 0 heterocycles. The molecular weight excluding hydrogens is 265 g/mol. The van der Waals surface area contributed by atoms with Crippen molar-refractivity contribution in [2.45, 2.75) is 12.8 Å². The van der Waals surface area contributed by atoms with Crippen LogP contribution in [0.1, 0.15) is 21.5 Å². The molecule has 0 unspecified atom stereocenters. The predicted octanol–water partition coefficient (Wildman–Crippen LogP) is 4.13. The number of hydrogen-bond donors (Lipinski definition) is 1. The van der Waals surface area contributed by atoms with Crippen molar-refractivity contribution in [1.82, 2.24) is 0 Å². The zero-order valence-corrected chi connectivity index (χ0v) is 11.2. The molecule has 0 bridgehead atoms. The summed E-state index contributed by atoms with van der Waals surface area (Å²) in [5.74, 6) is -0.385. The molecule has 2 nitrogen and oxygen atoms in total. The molecule has 0 aliphatic heterocycles. The minimum absolute atomic E-state index is 0.178. The maximum Gasteiger partial charge on any atom is 0.255 e. The van der Waals surface area contributed by atoms with Crippen molar-refractivity contribution in [3.8, 4) is 0 Å². The molecule has 0 aromatic heterocycles. The average Bonchev–Trinajstić information content (AvgIpc) is 2.42. The first-order valence-electron chi connectivity index (χ1n) is 5.82. The summed E-state index contributed by atoms with van der Waals surface area (Å²) in [6, 6.07) is 11.6. The number of amides is 1. The van der Waals surface area contributed by atoms with Crippen LogP contribution in [0, 0.1) is 12.7 Å². The lowest BCUT2D eigenvalue weighted by molar-refractivity contribution is 0.102. The number of carbonyl (C=O) groups excluding carboxylic acids is 1. The van der Waals surface area contributed by atoms with E-state index in [-0.39, 0.29) is 11.6 Å². The third-order valence-corrected chi connectivity index (χ3v) is 3.05. The van der Waals surface area contributed by atoms with Gasteiger partial charge in [0, 0.05) is 11.4 Å². The van der Waals surface area contributed by atoms with Gasteiger partial charge in [-0.2, -0.15) is 0 Å². The fraction of sp³-hybridized carbons (Fsp3) is 0.133. The molecular formula is C15H13ClFNO. The highest BCUT2D eigenvalue weighted by atomic mass is 35.5. The maximum absolute atomic E-state index is 13.6. The lowest BCUT2D eigenvalue weighted by Crippen LogP contribution is -2.13. The smallest absolute Gasteiger partial charge is 0.255 e. The Bertz CT molecular complexity index is 596. The molecule has 0 saturated heterocycles. The summed E-state index contributed by atoms with van der Waals surface area (Å²) in [5.41, 5.74) is 2.38. The van der Waals surface area contributed by atoms with E-state index in [1.54, 1.807) is 43.3 Å². The van der Waals surface area contributed by atoms with Gasteiger partial charge in [0.25, 0.3) is 5.91 Å². The molecule has 0 aliphatic carbocycles. The van der Waals surface area contributed by atoms with Crippen LogP contribution in [-0.4, -0.2) is 5.91 Å². The summed E-state index contributed by atoms with van der Waals surface area (Å²) in [7, 11) is 0. The van der Waals surface area contributed by atoms with E-state index in [0.29, 0.717) is 11.4 Å². The van der Waals surface area contributed by atoms with Gasteiger partial charge in [-0.3, -0.25) is 4.79 Å². The van der Waals surface area contributed by atoms with Crippen molar-refractivity contribution in [2.24, 2.45) is 0 Å². The van der Waals surface area contributed by atoms with Crippen LogP contribution in [0.3, 0.4) is 0 Å². The number of carbonyl (C=O) groups is 1. The monoisotopic (exact) mass is 277 g/mol. The van der Waals surface area contributed by atoms with Crippen LogP contribution in [0.5, 0.6) is 0 Å². The Labute approximate surface area is 116 Å². The topological polar surface area (TPSA) is 29.1 Å². The van der Waals surface area contributed by atoms with E-state index in [9.17, 15) is 9.18 Å². The molecule has 98 valence electrons. The molecule has 2 aromatic carbocycles. The normalized spacial score (nSPS) is 10.3. The fourth-order valence-electron chi connectivity index (χ4n) is 1.66. The van der Waals surface area contributed by atoms with Gasteiger partial charge >= 0.3 is 0 Å². The van der Waals surface area contributed by atoms with Gasteiger partial charge < -0.3 is 5.32 Å². The van der Waals surface area contributed by atoms with Crippen LogP contribution in [0.4, 0.5) is 10.1 Å². The van der Waals surface area contributed by atoms with Gasteiger partial charge in [0.1, 0.15) is 5.82 Å². The van der Waals surface area contributed by atoms with E-state index in [4.69, 9.17) is 11.6 Å². The highest BCUT2D eigenvalue weighted by Gasteiger charge is 2.09. The van der Waals surface area contributed by atoms with Crippen molar-refractivity contribution in [1.29, 1.82) is 0 Å². The molecule has 0 aliphatic rings. The van der Waals surface area contributed by atoms with E-state index >= 15 is 0 Å². The Morgan fingerprint density at radius 1 is 1.21 bits per heavy atom. The molecule has 19 heavy (non-hydrogen) atoms. The molecule has 0 radical (unpaired) electrons. The predicted molar refractivity (Wildman–Crippen MR) is 75.1 cm³/mol. The first-order chi connectivity index (χ1) is 9.10. The van der Waals surface area contributed by atoms with Crippen LogP contribution in [0.15, 0.2) is 42.5 Å². The van der Waals surface area contributed by atoms with E-state index in [0.717, 1.165) is 11.1 Å². The van der Waals surface area contributed by atoms with Gasteiger partial charge in [0.2, 0.25) is 0 Å². The summed E-state index contributed by atoms with van der Waals surface area (Å²) < 4.78 is 13.6. The Kier molecular flexibility index (Phi) is 4.17. The standard InChI is InChI=1S/C15H13ClFNO/c1-10-2-7-14(13(17)8-10)18-15(19)12-5-3-11(9-16)4-6-12/h2-8H,9H2,1H3,(H,18,19). The quantitative estimate of drug-likeness (QED) is 0.840. The van der Waals surface area contributed by atoms with E-state index < -0.39 is 5.82 Å². The van der Waals surface area contributed by atoms with Crippen molar-refractivity contribution in [2.75, 3.05) is 5.32 Å². The molecule has 1 N–H and O–H groups in total. The highest BCUT2D eigenvalue weighted by Crippen LogP contribution is 2.16. The number of halogens is 2. The minimum atomic E-state index is -0.439. The number of benzene rings is 2. The summed E-state index contributed by atoms with van der Waals surface area (Å²) >= 11 is 5.67. The van der Waals surface area contributed by atoms with E-state index in [1.807, 2.05) is 0 Å². The van der Waals surface area contributed by atoms with Gasteiger partial charge in [-0.05, 0) is 42.3 Å². The molecule has 2 rings (SSSR count). The molecule has 0 spiro atoms. The van der Waals surface area contributed by atoms with E-state index in [2.05, 4.69) is 5.32 Å². The first kappa shape index (κ1) is 13.6.